The van der Waals surface area contributed by atoms with Gasteiger partial charge >= 0.3 is 0 Å². The van der Waals surface area contributed by atoms with Crippen LogP contribution in [0.2, 0.25) is 5.02 Å². The summed E-state index contributed by atoms with van der Waals surface area (Å²) in [6.45, 7) is 4.19. The Bertz CT molecular complexity index is 985. The van der Waals surface area contributed by atoms with E-state index < -0.39 is 0 Å². The Kier molecular flexibility index (Phi) is 6.16. The fraction of sp³-hybridized carbons (Fsp3) is 0.391. The fourth-order valence-electron chi connectivity index (χ4n) is 4.06. The largest absolute Gasteiger partial charge is 0.486 e. The first kappa shape index (κ1) is 20.9. The molecule has 2 fully saturated rings. The highest BCUT2D eigenvalue weighted by atomic mass is 35.5. The highest BCUT2D eigenvalue weighted by Crippen LogP contribution is 2.28. The maximum absolute atomic E-state index is 12.9. The van der Waals surface area contributed by atoms with Gasteiger partial charge in [-0.1, -0.05) is 30.9 Å². The second-order valence-corrected chi connectivity index (χ2v) is 8.68. The normalized spacial score (nSPS) is 18.9. The number of halogens is 1. The molecule has 2 aromatic rings. The number of ether oxygens (including phenoxy) is 1. The smallest absolute Gasteiger partial charge is 0.276 e. The van der Waals surface area contributed by atoms with Gasteiger partial charge in [-0.2, -0.15) is 0 Å². The van der Waals surface area contributed by atoms with Crippen molar-refractivity contribution in [2.75, 3.05) is 0 Å². The van der Waals surface area contributed by atoms with Crippen molar-refractivity contribution in [2.45, 2.75) is 58.6 Å². The topological polar surface area (TPSA) is 54.7 Å². The summed E-state index contributed by atoms with van der Waals surface area (Å²) < 4.78 is 11.7. The molecule has 7 heteroatoms. The lowest BCUT2D eigenvalue weighted by Crippen LogP contribution is -2.41. The molecule has 1 N–H and O–H groups in total. The number of nitrogens with zero attached hydrogens (tertiary/aromatic N) is 1. The molecule has 0 unspecified atom stereocenters. The van der Waals surface area contributed by atoms with Crippen molar-refractivity contribution >= 4 is 40.9 Å². The van der Waals surface area contributed by atoms with Gasteiger partial charge in [0.05, 0.1) is 0 Å². The van der Waals surface area contributed by atoms with E-state index in [9.17, 15) is 4.79 Å². The van der Waals surface area contributed by atoms with E-state index in [2.05, 4.69) is 5.32 Å². The average Bonchev–Trinajstić information content (AvgIpc) is 3.29. The number of thiocarbonyl (C=S) groups is 1. The lowest BCUT2D eigenvalue weighted by Gasteiger charge is -2.29. The minimum Gasteiger partial charge on any atom is -0.486 e. The summed E-state index contributed by atoms with van der Waals surface area (Å²) >= 11 is 11.6. The zero-order chi connectivity index (χ0) is 21.3. The molecule has 0 bridgehead atoms. The molecule has 0 radical (unpaired) electrons. The van der Waals surface area contributed by atoms with Crippen molar-refractivity contribution in [3.8, 4) is 5.75 Å². The molecular weight excluding hydrogens is 420 g/mol. The predicted octanol–water partition coefficient (Wildman–Crippen LogP) is 5.52. The van der Waals surface area contributed by atoms with Gasteiger partial charge in [0.1, 0.15) is 29.6 Å². The molecule has 158 valence electrons. The van der Waals surface area contributed by atoms with Crippen molar-refractivity contribution < 1.29 is 13.9 Å². The van der Waals surface area contributed by atoms with E-state index in [1.165, 1.54) is 6.42 Å². The molecule has 1 saturated heterocycles. The quantitative estimate of drug-likeness (QED) is 0.486. The van der Waals surface area contributed by atoms with Gasteiger partial charge in [-0.05, 0) is 74.3 Å². The number of hydrogen-bond acceptors (Lipinski definition) is 4. The Hall–Kier alpha value is -2.31. The Labute approximate surface area is 187 Å². The van der Waals surface area contributed by atoms with Crippen LogP contribution in [0.1, 0.15) is 54.8 Å². The van der Waals surface area contributed by atoms with E-state index in [1.807, 2.05) is 38.1 Å². The third kappa shape index (κ3) is 4.40. The summed E-state index contributed by atoms with van der Waals surface area (Å²) in [7, 11) is 0. The second kappa shape index (κ2) is 8.82. The molecule has 30 heavy (non-hydrogen) atoms. The zero-order valence-corrected chi connectivity index (χ0v) is 18.7. The molecule has 1 amide bonds. The molecular formula is C23H25ClN2O3S. The maximum atomic E-state index is 12.9. The van der Waals surface area contributed by atoms with Gasteiger partial charge in [-0.3, -0.25) is 9.69 Å². The first-order chi connectivity index (χ1) is 14.4. The second-order valence-electron chi connectivity index (χ2n) is 7.92. The molecule has 1 saturated carbocycles. The minimum atomic E-state index is -0.0757. The summed E-state index contributed by atoms with van der Waals surface area (Å²) in [6, 6.07) is 7.68. The number of amides is 1. The summed E-state index contributed by atoms with van der Waals surface area (Å²) in [5.41, 5.74) is 2.40. The third-order valence-electron chi connectivity index (χ3n) is 5.61. The SMILES string of the molecule is Cc1cc(OCc2ccc(/C=C3/NC(=S)N(C4CCCCC4)C3=O)o2)cc(C)c1Cl. The van der Waals surface area contributed by atoms with E-state index in [0.717, 1.165) is 47.6 Å². The van der Waals surface area contributed by atoms with Gasteiger partial charge < -0.3 is 14.5 Å². The van der Waals surface area contributed by atoms with E-state index in [-0.39, 0.29) is 18.6 Å². The molecule has 1 aliphatic heterocycles. The average molecular weight is 445 g/mol. The summed E-state index contributed by atoms with van der Waals surface area (Å²) in [4.78, 5) is 14.6. The van der Waals surface area contributed by atoms with Crippen LogP contribution in [0, 0.1) is 13.8 Å². The summed E-state index contributed by atoms with van der Waals surface area (Å²) in [6.07, 6.45) is 7.24. The first-order valence-corrected chi connectivity index (χ1v) is 11.1. The Morgan fingerprint density at radius 3 is 2.63 bits per heavy atom. The lowest BCUT2D eigenvalue weighted by atomic mass is 9.94. The van der Waals surface area contributed by atoms with E-state index in [0.29, 0.717) is 22.3 Å². The molecule has 0 spiro atoms. The number of nitrogens with one attached hydrogen (secondary N) is 1. The van der Waals surface area contributed by atoms with Gasteiger partial charge in [-0.15, -0.1) is 0 Å². The van der Waals surface area contributed by atoms with Gasteiger partial charge in [-0.25, -0.2) is 0 Å². The molecule has 0 atom stereocenters. The fourth-order valence-corrected chi connectivity index (χ4v) is 4.51. The van der Waals surface area contributed by atoms with E-state index >= 15 is 0 Å². The lowest BCUT2D eigenvalue weighted by molar-refractivity contribution is -0.124. The molecule has 2 heterocycles. The van der Waals surface area contributed by atoms with Crippen molar-refractivity contribution in [1.29, 1.82) is 0 Å². The first-order valence-electron chi connectivity index (χ1n) is 10.3. The van der Waals surface area contributed by atoms with Crippen LogP contribution in [0.25, 0.3) is 6.08 Å². The number of carbonyl (C=O) groups excluding carboxylic acids is 1. The highest BCUT2D eigenvalue weighted by molar-refractivity contribution is 7.80. The molecule has 4 rings (SSSR count). The van der Waals surface area contributed by atoms with Crippen LogP contribution in [-0.4, -0.2) is 22.0 Å². The molecule has 1 aromatic heterocycles. The molecule has 2 aliphatic rings. The van der Waals surface area contributed by atoms with E-state index in [4.69, 9.17) is 33.0 Å². The minimum absolute atomic E-state index is 0.0757. The van der Waals surface area contributed by atoms with Crippen LogP contribution in [-0.2, 0) is 11.4 Å². The van der Waals surface area contributed by atoms with Gasteiger partial charge in [0.2, 0.25) is 0 Å². The molecule has 1 aromatic carbocycles. The van der Waals surface area contributed by atoms with Crippen LogP contribution in [0.15, 0.2) is 34.4 Å². The monoisotopic (exact) mass is 444 g/mol. The van der Waals surface area contributed by atoms with Crippen molar-refractivity contribution in [3.05, 3.63) is 57.6 Å². The number of aryl methyl sites for hydroxylation is 2. The molecule has 5 nitrogen and oxygen atoms in total. The van der Waals surface area contributed by atoms with Gasteiger partial charge in [0, 0.05) is 17.1 Å². The number of benzene rings is 1. The number of carbonyl (C=O) groups is 1. The summed E-state index contributed by atoms with van der Waals surface area (Å²) in [5, 5.41) is 4.29. The van der Waals surface area contributed by atoms with Gasteiger partial charge in [0.25, 0.3) is 5.91 Å². The van der Waals surface area contributed by atoms with Crippen molar-refractivity contribution in [3.63, 3.8) is 0 Å². The highest BCUT2D eigenvalue weighted by Gasteiger charge is 2.36. The molecule has 1 aliphatic carbocycles. The van der Waals surface area contributed by atoms with Crippen LogP contribution in [0.5, 0.6) is 5.75 Å². The Balaban J connectivity index is 1.42. The van der Waals surface area contributed by atoms with Crippen LogP contribution < -0.4 is 10.1 Å². The van der Waals surface area contributed by atoms with Crippen molar-refractivity contribution in [2.24, 2.45) is 0 Å². The Morgan fingerprint density at radius 2 is 1.93 bits per heavy atom. The van der Waals surface area contributed by atoms with E-state index in [1.54, 1.807) is 11.0 Å². The van der Waals surface area contributed by atoms with Crippen molar-refractivity contribution in [1.82, 2.24) is 10.2 Å². The van der Waals surface area contributed by atoms with Crippen LogP contribution in [0.4, 0.5) is 0 Å². The Morgan fingerprint density at radius 1 is 1.23 bits per heavy atom. The number of rotatable bonds is 5. The maximum Gasteiger partial charge on any atom is 0.276 e. The predicted molar refractivity (Wildman–Crippen MR) is 121 cm³/mol. The number of furan rings is 1. The standard InChI is InChI=1S/C23H25ClN2O3S/c1-14-10-19(11-15(2)21(14)24)28-13-18-9-8-17(29-18)12-20-22(27)26(23(30)25-20)16-6-4-3-5-7-16/h8-12,16H,3-7,13H2,1-2H3,(H,25,30)/b20-12+. The zero-order valence-electron chi connectivity index (χ0n) is 17.2. The third-order valence-corrected chi connectivity index (χ3v) is 6.50. The van der Waals surface area contributed by atoms with Gasteiger partial charge in [0.15, 0.2) is 5.11 Å². The summed E-state index contributed by atoms with van der Waals surface area (Å²) in [5.74, 6) is 1.92. The van der Waals surface area contributed by atoms with Crippen LogP contribution >= 0.6 is 23.8 Å². The van der Waals surface area contributed by atoms with Crippen LogP contribution in [0.3, 0.4) is 0 Å². The number of hydrogen-bond donors (Lipinski definition) is 1.